The summed E-state index contributed by atoms with van der Waals surface area (Å²) in [6.07, 6.45) is 4.13. The summed E-state index contributed by atoms with van der Waals surface area (Å²) in [5.74, 6) is 1.11. The van der Waals surface area contributed by atoms with Crippen molar-refractivity contribution in [3.63, 3.8) is 0 Å². The normalized spacial score (nSPS) is 15.4. The van der Waals surface area contributed by atoms with Gasteiger partial charge in [0.05, 0.1) is 0 Å². The van der Waals surface area contributed by atoms with Gasteiger partial charge in [0, 0.05) is 30.7 Å². The molecule has 25 heavy (non-hydrogen) atoms. The van der Waals surface area contributed by atoms with Gasteiger partial charge < -0.3 is 10.2 Å². The van der Waals surface area contributed by atoms with Gasteiger partial charge in [-0.25, -0.2) is 0 Å². The van der Waals surface area contributed by atoms with Crippen LogP contribution in [0.5, 0.6) is 0 Å². The molecule has 0 aliphatic carbocycles. The van der Waals surface area contributed by atoms with Gasteiger partial charge in [-0.3, -0.25) is 9.78 Å². The number of hydrogen-bond acceptors (Lipinski definition) is 3. The maximum absolute atomic E-state index is 12.5. The van der Waals surface area contributed by atoms with Crippen LogP contribution < -0.4 is 10.2 Å². The zero-order chi connectivity index (χ0) is 17.8. The van der Waals surface area contributed by atoms with Crippen LogP contribution >= 0.6 is 0 Å². The highest BCUT2D eigenvalue weighted by molar-refractivity contribution is 6.03. The molecule has 0 atom stereocenters. The summed E-state index contributed by atoms with van der Waals surface area (Å²) in [6, 6.07) is 11.9. The van der Waals surface area contributed by atoms with Gasteiger partial charge in [-0.05, 0) is 54.5 Å². The van der Waals surface area contributed by atoms with Crippen molar-refractivity contribution in [3.8, 4) is 0 Å². The summed E-state index contributed by atoms with van der Waals surface area (Å²) in [5, 5.41) is 2.94. The lowest BCUT2D eigenvalue weighted by Gasteiger charge is -2.32. The predicted octanol–water partition coefficient (Wildman–Crippen LogP) is 4.69. The predicted molar refractivity (Wildman–Crippen MR) is 103 cm³/mol. The topological polar surface area (TPSA) is 45.2 Å². The van der Waals surface area contributed by atoms with Crippen LogP contribution in [0, 0.1) is 5.92 Å². The van der Waals surface area contributed by atoms with Crippen LogP contribution in [-0.2, 0) is 0 Å². The number of piperidine rings is 1. The molecule has 0 saturated carbocycles. The lowest BCUT2D eigenvalue weighted by atomic mass is 9.99. The summed E-state index contributed by atoms with van der Waals surface area (Å²) in [4.78, 5) is 19.1. The number of nitrogens with one attached hydrogen (secondary N) is 1. The number of pyridine rings is 1. The first-order valence-corrected chi connectivity index (χ1v) is 9.15. The standard InChI is InChI=1S/C21H27N3O/c1-15(2)17-4-6-18(7-5-17)23-21(25)20-14-19(8-11-22-20)24-12-9-16(3)10-13-24/h4-8,11,14-16H,9-10,12-13H2,1-3H3,(H,23,25). The van der Waals surface area contributed by atoms with E-state index in [1.54, 1.807) is 6.20 Å². The van der Waals surface area contributed by atoms with E-state index in [9.17, 15) is 4.79 Å². The Morgan fingerprint density at radius 1 is 1.16 bits per heavy atom. The fraction of sp³-hybridized carbons (Fsp3) is 0.429. The number of carbonyl (C=O) groups excluding carboxylic acids is 1. The van der Waals surface area contributed by atoms with Crippen LogP contribution in [0.1, 0.15) is 55.6 Å². The first kappa shape index (κ1) is 17.5. The molecule has 2 heterocycles. The van der Waals surface area contributed by atoms with Gasteiger partial charge in [0.2, 0.25) is 0 Å². The molecule has 0 radical (unpaired) electrons. The van der Waals surface area contributed by atoms with Crippen molar-refractivity contribution in [1.29, 1.82) is 0 Å². The second kappa shape index (κ2) is 7.68. The monoisotopic (exact) mass is 337 g/mol. The second-order valence-corrected chi connectivity index (χ2v) is 7.30. The van der Waals surface area contributed by atoms with E-state index in [-0.39, 0.29) is 5.91 Å². The summed E-state index contributed by atoms with van der Waals surface area (Å²) < 4.78 is 0. The van der Waals surface area contributed by atoms with E-state index in [4.69, 9.17) is 0 Å². The zero-order valence-electron chi connectivity index (χ0n) is 15.3. The molecule has 3 rings (SSSR count). The first-order chi connectivity index (χ1) is 12.0. The molecular weight excluding hydrogens is 310 g/mol. The number of hydrogen-bond donors (Lipinski definition) is 1. The van der Waals surface area contributed by atoms with Crippen molar-refractivity contribution in [2.24, 2.45) is 5.92 Å². The smallest absolute Gasteiger partial charge is 0.274 e. The third-order valence-corrected chi connectivity index (χ3v) is 4.96. The Balaban J connectivity index is 1.68. The van der Waals surface area contributed by atoms with E-state index in [2.05, 4.69) is 48.1 Å². The highest BCUT2D eigenvalue weighted by atomic mass is 16.1. The molecule has 1 fully saturated rings. The van der Waals surface area contributed by atoms with Crippen molar-refractivity contribution in [1.82, 2.24) is 4.98 Å². The third-order valence-electron chi connectivity index (χ3n) is 4.96. The Morgan fingerprint density at radius 3 is 2.48 bits per heavy atom. The Labute approximate surface area is 150 Å². The summed E-state index contributed by atoms with van der Waals surface area (Å²) >= 11 is 0. The van der Waals surface area contributed by atoms with Gasteiger partial charge in [-0.1, -0.05) is 32.9 Å². The lowest BCUT2D eigenvalue weighted by molar-refractivity contribution is 0.102. The first-order valence-electron chi connectivity index (χ1n) is 9.15. The van der Waals surface area contributed by atoms with Crippen molar-refractivity contribution in [3.05, 3.63) is 53.9 Å². The van der Waals surface area contributed by atoms with Gasteiger partial charge >= 0.3 is 0 Å². The molecule has 0 unspecified atom stereocenters. The minimum atomic E-state index is -0.162. The number of benzene rings is 1. The number of aromatic nitrogens is 1. The molecule has 4 nitrogen and oxygen atoms in total. The largest absolute Gasteiger partial charge is 0.371 e. The summed E-state index contributed by atoms with van der Waals surface area (Å²) in [7, 11) is 0. The highest BCUT2D eigenvalue weighted by Gasteiger charge is 2.17. The van der Waals surface area contributed by atoms with E-state index in [0.717, 1.165) is 30.4 Å². The van der Waals surface area contributed by atoms with Crippen LogP contribution in [0.25, 0.3) is 0 Å². The molecule has 0 bridgehead atoms. The summed E-state index contributed by atoms with van der Waals surface area (Å²) in [5.41, 5.74) is 3.61. The molecule has 1 aromatic carbocycles. The minimum absolute atomic E-state index is 0.162. The third kappa shape index (κ3) is 4.38. The van der Waals surface area contributed by atoms with E-state index in [0.29, 0.717) is 11.6 Å². The molecule has 1 aromatic heterocycles. The molecule has 2 aromatic rings. The van der Waals surface area contributed by atoms with E-state index < -0.39 is 0 Å². The van der Waals surface area contributed by atoms with Gasteiger partial charge in [0.25, 0.3) is 5.91 Å². The van der Waals surface area contributed by atoms with Crippen LogP contribution in [0.3, 0.4) is 0 Å². The fourth-order valence-corrected chi connectivity index (χ4v) is 3.15. The maximum atomic E-state index is 12.5. The lowest BCUT2D eigenvalue weighted by Crippen LogP contribution is -2.33. The van der Waals surface area contributed by atoms with Crippen molar-refractivity contribution < 1.29 is 4.79 Å². The molecule has 1 saturated heterocycles. The van der Waals surface area contributed by atoms with Crippen LogP contribution in [0.2, 0.25) is 0 Å². The van der Waals surface area contributed by atoms with Crippen molar-refractivity contribution in [2.75, 3.05) is 23.3 Å². The quantitative estimate of drug-likeness (QED) is 0.880. The van der Waals surface area contributed by atoms with E-state index in [1.807, 2.05) is 24.3 Å². The maximum Gasteiger partial charge on any atom is 0.274 e. The average molecular weight is 337 g/mol. The molecule has 1 amide bonds. The molecule has 4 heteroatoms. The van der Waals surface area contributed by atoms with E-state index in [1.165, 1.54) is 18.4 Å². The Hall–Kier alpha value is -2.36. The molecule has 0 spiro atoms. The fourth-order valence-electron chi connectivity index (χ4n) is 3.15. The van der Waals surface area contributed by atoms with Gasteiger partial charge in [0.1, 0.15) is 5.69 Å². The van der Waals surface area contributed by atoms with Crippen molar-refractivity contribution >= 4 is 17.3 Å². The number of carbonyl (C=O) groups is 1. The number of nitrogens with zero attached hydrogens (tertiary/aromatic N) is 2. The second-order valence-electron chi connectivity index (χ2n) is 7.30. The van der Waals surface area contributed by atoms with E-state index >= 15 is 0 Å². The Bertz CT molecular complexity index is 716. The van der Waals surface area contributed by atoms with Gasteiger partial charge in [-0.2, -0.15) is 0 Å². The van der Waals surface area contributed by atoms with Crippen molar-refractivity contribution in [2.45, 2.75) is 39.5 Å². The van der Waals surface area contributed by atoms with Crippen LogP contribution in [0.4, 0.5) is 11.4 Å². The van der Waals surface area contributed by atoms with Gasteiger partial charge in [0.15, 0.2) is 0 Å². The molecule has 1 aliphatic rings. The Kier molecular flexibility index (Phi) is 5.37. The molecule has 132 valence electrons. The number of rotatable bonds is 4. The zero-order valence-corrected chi connectivity index (χ0v) is 15.3. The molecule has 1 aliphatic heterocycles. The minimum Gasteiger partial charge on any atom is -0.371 e. The highest BCUT2D eigenvalue weighted by Crippen LogP contribution is 2.23. The molecular formula is C21H27N3O. The molecule has 1 N–H and O–H groups in total. The van der Waals surface area contributed by atoms with Gasteiger partial charge in [-0.15, -0.1) is 0 Å². The number of anilines is 2. The summed E-state index contributed by atoms with van der Waals surface area (Å²) in [6.45, 7) is 8.70. The number of amides is 1. The SMILES string of the molecule is CC1CCN(c2ccnc(C(=O)Nc3ccc(C(C)C)cc3)c2)CC1. The van der Waals surface area contributed by atoms with Crippen LogP contribution in [0.15, 0.2) is 42.6 Å². The Morgan fingerprint density at radius 2 is 1.84 bits per heavy atom. The average Bonchev–Trinajstić information content (AvgIpc) is 2.63. The van der Waals surface area contributed by atoms with Crippen LogP contribution in [-0.4, -0.2) is 24.0 Å².